The summed E-state index contributed by atoms with van der Waals surface area (Å²) in [4.78, 5) is 15.8. The third-order valence-electron chi connectivity index (χ3n) is 3.24. The lowest BCUT2D eigenvalue weighted by Gasteiger charge is -2.36. The van der Waals surface area contributed by atoms with Crippen LogP contribution >= 0.6 is 0 Å². The highest BCUT2D eigenvalue weighted by Gasteiger charge is 2.22. The van der Waals surface area contributed by atoms with Crippen LogP contribution in [-0.4, -0.2) is 72.9 Å². The summed E-state index contributed by atoms with van der Waals surface area (Å²) >= 11 is 0. The van der Waals surface area contributed by atoms with Crippen molar-refractivity contribution in [3.63, 3.8) is 0 Å². The average molecular weight is 270 g/mol. The third-order valence-corrected chi connectivity index (χ3v) is 3.24. The molecule has 5 nitrogen and oxygen atoms in total. The van der Waals surface area contributed by atoms with Crippen molar-refractivity contribution in [1.82, 2.24) is 9.80 Å². The average Bonchev–Trinajstić information content (AvgIpc) is 2.34. The second kappa shape index (κ2) is 7.03. The monoisotopic (exact) mass is 270 g/mol. The molecule has 1 N–H and O–H groups in total. The molecule has 0 unspecified atom stereocenters. The minimum Gasteiger partial charge on any atom is -0.466 e. The molecule has 0 aromatic carbocycles. The van der Waals surface area contributed by atoms with Crippen LogP contribution in [0.3, 0.4) is 0 Å². The van der Waals surface area contributed by atoms with Crippen molar-refractivity contribution in [1.29, 1.82) is 0 Å². The molecule has 0 amide bonds. The van der Waals surface area contributed by atoms with E-state index in [0.29, 0.717) is 12.1 Å². The van der Waals surface area contributed by atoms with Crippen LogP contribution in [-0.2, 0) is 9.53 Å². The Kier molecular flexibility index (Phi) is 5.97. The fourth-order valence-electron chi connectivity index (χ4n) is 2.19. The summed E-state index contributed by atoms with van der Waals surface area (Å²) in [5, 5.41) is 9.78. The highest BCUT2D eigenvalue weighted by Crippen LogP contribution is 2.09. The van der Waals surface area contributed by atoms with Crippen LogP contribution in [0, 0.1) is 0 Å². The SMILES string of the molecule is COC(=O)C(C)=CCN1CCN(CC(C)(C)O)CC1. The van der Waals surface area contributed by atoms with Crippen LogP contribution in [0.1, 0.15) is 20.8 Å². The minimum atomic E-state index is -0.635. The van der Waals surface area contributed by atoms with Crippen molar-refractivity contribution in [3.8, 4) is 0 Å². The fourth-order valence-corrected chi connectivity index (χ4v) is 2.19. The van der Waals surface area contributed by atoms with E-state index < -0.39 is 5.60 Å². The molecule has 1 aliphatic heterocycles. The molecule has 1 aliphatic rings. The van der Waals surface area contributed by atoms with E-state index in [1.165, 1.54) is 7.11 Å². The molecule has 1 rings (SSSR count). The lowest BCUT2D eigenvalue weighted by molar-refractivity contribution is -0.136. The summed E-state index contributed by atoms with van der Waals surface area (Å²) < 4.78 is 4.66. The van der Waals surface area contributed by atoms with E-state index in [9.17, 15) is 9.90 Å². The first-order valence-electron chi connectivity index (χ1n) is 6.74. The number of hydrogen-bond donors (Lipinski definition) is 1. The molecule has 1 saturated heterocycles. The van der Waals surface area contributed by atoms with Gasteiger partial charge in [0.15, 0.2) is 0 Å². The standard InChI is InChI=1S/C14H26N2O3/c1-12(13(17)19-4)5-6-15-7-9-16(10-8-15)11-14(2,3)18/h5,18H,6-11H2,1-4H3. The van der Waals surface area contributed by atoms with Gasteiger partial charge in [-0.1, -0.05) is 6.08 Å². The summed E-state index contributed by atoms with van der Waals surface area (Å²) in [6.45, 7) is 10.8. The van der Waals surface area contributed by atoms with E-state index in [0.717, 1.165) is 32.7 Å². The zero-order chi connectivity index (χ0) is 14.5. The van der Waals surface area contributed by atoms with Crippen molar-refractivity contribution in [2.24, 2.45) is 0 Å². The smallest absolute Gasteiger partial charge is 0.333 e. The number of aliphatic hydroxyl groups is 1. The van der Waals surface area contributed by atoms with Gasteiger partial charge in [0.1, 0.15) is 0 Å². The topological polar surface area (TPSA) is 53.0 Å². The normalized spacial score (nSPS) is 19.5. The van der Waals surface area contributed by atoms with Gasteiger partial charge < -0.3 is 9.84 Å². The van der Waals surface area contributed by atoms with Gasteiger partial charge in [-0.2, -0.15) is 0 Å². The zero-order valence-electron chi connectivity index (χ0n) is 12.5. The van der Waals surface area contributed by atoms with Crippen molar-refractivity contribution in [3.05, 3.63) is 11.6 Å². The molecule has 0 aromatic rings. The Hall–Kier alpha value is -0.910. The van der Waals surface area contributed by atoms with Crippen LogP contribution in [0.25, 0.3) is 0 Å². The predicted molar refractivity (Wildman–Crippen MR) is 75.0 cm³/mol. The summed E-state index contributed by atoms with van der Waals surface area (Å²) in [7, 11) is 1.40. The first kappa shape index (κ1) is 16.1. The number of rotatable bonds is 5. The Morgan fingerprint density at radius 1 is 1.26 bits per heavy atom. The summed E-state index contributed by atoms with van der Waals surface area (Å²) in [6.07, 6.45) is 1.91. The first-order valence-corrected chi connectivity index (χ1v) is 6.74. The summed E-state index contributed by atoms with van der Waals surface area (Å²) in [5.41, 5.74) is 0.0187. The van der Waals surface area contributed by atoms with Gasteiger partial charge in [-0.15, -0.1) is 0 Å². The molecule has 0 bridgehead atoms. The number of piperazine rings is 1. The molecular formula is C14H26N2O3. The number of methoxy groups -OCH3 is 1. The van der Waals surface area contributed by atoms with E-state index in [1.807, 2.05) is 19.9 Å². The zero-order valence-corrected chi connectivity index (χ0v) is 12.5. The van der Waals surface area contributed by atoms with Crippen LogP contribution in [0.2, 0.25) is 0 Å². The molecule has 5 heteroatoms. The van der Waals surface area contributed by atoms with Crippen molar-refractivity contribution >= 4 is 5.97 Å². The Morgan fingerprint density at radius 2 is 1.79 bits per heavy atom. The maximum absolute atomic E-state index is 11.2. The summed E-state index contributed by atoms with van der Waals surface area (Å²) in [6, 6.07) is 0. The Morgan fingerprint density at radius 3 is 2.26 bits per heavy atom. The second-order valence-electron chi connectivity index (χ2n) is 5.77. The van der Waals surface area contributed by atoms with Gasteiger partial charge >= 0.3 is 5.97 Å². The van der Waals surface area contributed by atoms with Crippen LogP contribution < -0.4 is 0 Å². The Labute approximate surface area is 115 Å². The van der Waals surface area contributed by atoms with Gasteiger partial charge in [0.2, 0.25) is 0 Å². The molecule has 0 saturated carbocycles. The molecular weight excluding hydrogens is 244 g/mol. The predicted octanol–water partition coefficient (Wildman–Crippen LogP) is 0.494. The fraction of sp³-hybridized carbons (Fsp3) is 0.786. The van der Waals surface area contributed by atoms with E-state index in [1.54, 1.807) is 6.92 Å². The van der Waals surface area contributed by atoms with Crippen LogP contribution in [0.4, 0.5) is 0 Å². The number of carbonyl (C=O) groups is 1. The van der Waals surface area contributed by atoms with Gasteiger partial charge in [-0.25, -0.2) is 4.79 Å². The van der Waals surface area contributed by atoms with Gasteiger partial charge in [0.05, 0.1) is 12.7 Å². The minimum absolute atomic E-state index is 0.263. The van der Waals surface area contributed by atoms with Crippen LogP contribution in [0.15, 0.2) is 11.6 Å². The second-order valence-corrected chi connectivity index (χ2v) is 5.77. The highest BCUT2D eigenvalue weighted by molar-refractivity contribution is 5.87. The van der Waals surface area contributed by atoms with E-state index in [-0.39, 0.29) is 5.97 Å². The molecule has 110 valence electrons. The molecule has 0 aromatic heterocycles. The lowest BCUT2D eigenvalue weighted by atomic mass is 10.1. The Balaban J connectivity index is 2.33. The molecule has 19 heavy (non-hydrogen) atoms. The molecule has 0 spiro atoms. The molecule has 1 fully saturated rings. The van der Waals surface area contributed by atoms with Gasteiger partial charge in [-0.05, 0) is 20.8 Å². The van der Waals surface area contributed by atoms with E-state index in [2.05, 4.69) is 14.5 Å². The molecule has 0 aliphatic carbocycles. The van der Waals surface area contributed by atoms with Crippen molar-refractivity contribution < 1.29 is 14.6 Å². The van der Waals surface area contributed by atoms with Gasteiger partial charge in [0, 0.05) is 44.8 Å². The first-order chi connectivity index (χ1) is 8.81. The number of β-amino-alcohol motifs (C(OH)–C–C–N with tert-alkyl or cyclic N) is 1. The van der Waals surface area contributed by atoms with Crippen molar-refractivity contribution in [2.45, 2.75) is 26.4 Å². The van der Waals surface area contributed by atoms with Crippen molar-refractivity contribution in [2.75, 3.05) is 46.4 Å². The lowest BCUT2D eigenvalue weighted by Crippen LogP contribution is -2.50. The maximum Gasteiger partial charge on any atom is 0.333 e. The largest absolute Gasteiger partial charge is 0.466 e. The number of hydrogen-bond acceptors (Lipinski definition) is 5. The number of nitrogens with zero attached hydrogens (tertiary/aromatic N) is 2. The van der Waals surface area contributed by atoms with Gasteiger partial charge in [-0.3, -0.25) is 9.80 Å². The molecule has 0 radical (unpaired) electrons. The Bertz CT molecular complexity index is 326. The highest BCUT2D eigenvalue weighted by atomic mass is 16.5. The quantitative estimate of drug-likeness (QED) is 0.582. The third kappa shape index (κ3) is 6.18. The van der Waals surface area contributed by atoms with Gasteiger partial charge in [0.25, 0.3) is 0 Å². The van der Waals surface area contributed by atoms with E-state index in [4.69, 9.17) is 0 Å². The number of ether oxygens (including phenoxy) is 1. The van der Waals surface area contributed by atoms with E-state index >= 15 is 0 Å². The number of esters is 1. The number of carbonyl (C=O) groups excluding carboxylic acids is 1. The maximum atomic E-state index is 11.2. The van der Waals surface area contributed by atoms with Crippen LogP contribution in [0.5, 0.6) is 0 Å². The molecule has 1 heterocycles. The molecule has 0 atom stereocenters. The summed E-state index contributed by atoms with van der Waals surface area (Å²) in [5.74, 6) is -0.263.